The van der Waals surface area contributed by atoms with Gasteiger partial charge in [-0.2, -0.15) is 0 Å². The number of aryl methyl sites for hydroxylation is 1. The smallest absolute Gasteiger partial charge is 0.329 e. The van der Waals surface area contributed by atoms with E-state index in [1.807, 2.05) is 0 Å². The topological polar surface area (TPSA) is 64.1 Å². The third-order valence-electron chi connectivity index (χ3n) is 3.50. The number of aromatic nitrogens is 2. The van der Waals surface area contributed by atoms with Gasteiger partial charge in [0.2, 0.25) is 0 Å². The molecule has 2 aromatic rings. The van der Waals surface area contributed by atoms with E-state index in [1.54, 1.807) is 0 Å². The summed E-state index contributed by atoms with van der Waals surface area (Å²) in [6, 6.07) is 1.28. The lowest BCUT2D eigenvalue weighted by Gasteiger charge is -2.13. The van der Waals surface area contributed by atoms with Gasteiger partial charge in [-0.15, -0.1) is 0 Å². The van der Waals surface area contributed by atoms with E-state index in [9.17, 15) is 14.0 Å². The van der Waals surface area contributed by atoms with Crippen LogP contribution in [-0.4, -0.2) is 16.7 Å². The third-order valence-corrected chi connectivity index (χ3v) is 3.50. The van der Waals surface area contributed by atoms with Crippen LogP contribution in [0, 0.1) is 12.7 Å². The highest BCUT2D eigenvalue weighted by atomic mass is 19.1. The highest BCUT2D eigenvalue weighted by Crippen LogP contribution is 2.38. The largest absolute Gasteiger partial charge is 0.494 e. The average Bonchev–Trinajstić information content (AvgIpc) is 3.17. The van der Waals surface area contributed by atoms with E-state index in [0.717, 1.165) is 12.8 Å². The lowest BCUT2D eigenvalue weighted by molar-refractivity contribution is 0.412. The Morgan fingerprint density at radius 3 is 2.68 bits per heavy atom. The second-order valence-electron chi connectivity index (χ2n) is 4.77. The zero-order valence-corrected chi connectivity index (χ0v) is 10.6. The molecule has 1 aromatic carbocycles. The van der Waals surface area contributed by atoms with Crippen molar-refractivity contribution in [1.82, 2.24) is 9.55 Å². The number of rotatable bonds is 2. The molecule has 0 aliphatic heterocycles. The molecule has 19 heavy (non-hydrogen) atoms. The van der Waals surface area contributed by atoms with Crippen LogP contribution in [0.3, 0.4) is 0 Å². The molecule has 6 heteroatoms. The predicted molar refractivity (Wildman–Crippen MR) is 68.3 cm³/mol. The summed E-state index contributed by atoms with van der Waals surface area (Å²) < 4.78 is 20.4. The Kier molecular flexibility index (Phi) is 2.48. The van der Waals surface area contributed by atoms with Crippen molar-refractivity contribution < 1.29 is 9.13 Å². The molecule has 0 spiro atoms. The van der Waals surface area contributed by atoms with Gasteiger partial charge in [-0.1, -0.05) is 0 Å². The van der Waals surface area contributed by atoms with E-state index >= 15 is 0 Å². The first-order valence-electron chi connectivity index (χ1n) is 6.06. The van der Waals surface area contributed by atoms with Gasteiger partial charge in [0.15, 0.2) is 0 Å². The number of halogens is 1. The van der Waals surface area contributed by atoms with Gasteiger partial charge in [0.1, 0.15) is 17.1 Å². The molecule has 1 aromatic heterocycles. The molecule has 1 fully saturated rings. The number of aromatic amines is 1. The van der Waals surface area contributed by atoms with Crippen LogP contribution in [0.4, 0.5) is 4.39 Å². The molecular weight excluding hydrogens is 251 g/mol. The maximum Gasteiger partial charge on any atom is 0.329 e. The van der Waals surface area contributed by atoms with Gasteiger partial charge in [0.25, 0.3) is 5.56 Å². The molecule has 3 rings (SSSR count). The summed E-state index contributed by atoms with van der Waals surface area (Å²) in [5, 5.41) is 0.184. The number of ether oxygens (including phenoxy) is 1. The van der Waals surface area contributed by atoms with E-state index in [2.05, 4.69) is 4.98 Å². The van der Waals surface area contributed by atoms with Crippen molar-refractivity contribution >= 4 is 10.9 Å². The zero-order chi connectivity index (χ0) is 13.7. The lowest BCUT2D eigenvalue weighted by atomic mass is 10.1. The van der Waals surface area contributed by atoms with Gasteiger partial charge >= 0.3 is 5.69 Å². The van der Waals surface area contributed by atoms with E-state index in [1.165, 1.54) is 24.7 Å². The van der Waals surface area contributed by atoms with E-state index < -0.39 is 17.1 Å². The Bertz CT molecular complexity index is 787. The molecular formula is C13H13FN2O3. The first-order chi connectivity index (χ1) is 9.04. The van der Waals surface area contributed by atoms with Crippen LogP contribution in [0.25, 0.3) is 10.9 Å². The third kappa shape index (κ3) is 1.67. The predicted octanol–water partition coefficient (Wildman–Crippen LogP) is 1.48. The van der Waals surface area contributed by atoms with Crippen LogP contribution >= 0.6 is 0 Å². The molecule has 1 heterocycles. The number of nitrogens with one attached hydrogen (secondary N) is 1. The van der Waals surface area contributed by atoms with E-state index in [0.29, 0.717) is 5.52 Å². The quantitative estimate of drug-likeness (QED) is 0.893. The maximum absolute atomic E-state index is 13.8. The second-order valence-corrected chi connectivity index (χ2v) is 4.77. The number of fused-ring (bicyclic) bond motifs is 1. The van der Waals surface area contributed by atoms with Crippen LogP contribution in [0.5, 0.6) is 5.75 Å². The molecule has 0 unspecified atom stereocenters. The number of H-pyrrole nitrogens is 1. The number of methoxy groups -OCH3 is 1. The zero-order valence-electron chi connectivity index (χ0n) is 10.6. The fourth-order valence-corrected chi connectivity index (χ4v) is 2.39. The first-order valence-corrected chi connectivity index (χ1v) is 6.06. The highest BCUT2D eigenvalue weighted by molar-refractivity contribution is 5.87. The van der Waals surface area contributed by atoms with Crippen LogP contribution in [0.2, 0.25) is 0 Å². The fraction of sp³-hybridized carbons (Fsp3) is 0.385. The van der Waals surface area contributed by atoms with Crippen LogP contribution in [-0.2, 0) is 0 Å². The van der Waals surface area contributed by atoms with Crippen molar-refractivity contribution in [3.8, 4) is 5.75 Å². The molecule has 0 bridgehead atoms. The van der Waals surface area contributed by atoms with Crippen LogP contribution in [0.15, 0.2) is 15.7 Å². The van der Waals surface area contributed by atoms with Gasteiger partial charge < -0.3 is 4.74 Å². The van der Waals surface area contributed by atoms with Gasteiger partial charge in [0, 0.05) is 12.1 Å². The molecule has 0 saturated heterocycles. The summed E-state index contributed by atoms with van der Waals surface area (Å²) in [4.78, 5) is 26.2. The SMILES string of the molecule is COc1cc(F)c(C)c2c(=O)[nH]c(=O)n(C3CC3)c12. The van der Waals surface area contributed by atoms with E-state index in [4.69, 9.17) is 4.74 Å². The minimum atomic E-state index is -0.577. The van der Waals surface area contributed by atoms with Crippen molar-refractivity contribution in [3.63, 3.8) is 0 Å². The molecule has 100 valence electrons. The van der Waals surface area contributed by atoms with Crippen molar-refractivity contribution in [2.45, 2.75) is 25.8 Å². The van der Waals surface area contributed by atoms with Gasteiger partial charge in [-0.25, -0.2) is 9.18 Å². The molecule has 1 aliphatic carbocycles. The highest BCUT2D eigenvalue weighted by Gasteiger charge is 2.29. The molecule has 0 radical (unpaired) electrons. The Labute approximate surface area is 107 Å². The molecule has 1 N–H and O–H groups in total. The van der Waals surface area contributed by atoms with Crippen LogP contribution < -0.4 is 16.0 Å². The Balaban J connectivity index is 2.59. The van der Waals surface area contributed by atoms with Crippen LogP contribution in [0.1, 0.15) is 24.4 Å². The van der Waals surface area contributed by atoms with E-state index in [-0.39, 0.29) is 22.7 Å². The number of hydrogen-bond donors (Lipinski definition) is 1. The molecule has 1 aliphatic rings. The average molecular weight is 264 g/mol. The van der Waals surface area contributed by atoms with Crippen molar-refractivity contribution in [2.75, 3.05) is 7.11 Å². The molecule has 0 amide bonds. The minimum Gasteiger partial charge on any atom is -0.494 e. The first kappa shape index (κ1) is 12.0. The van der Waals surface area contributed by atoms with Gasteiger partial charge in [0.05, 0.1) is 12.5 Å². The maximum atomic E-state index is 13.8. The molecule has 5 nitrogen and oxygen atoms in total. The summed E-state index contributed by atoms with van der Waals surface area (Å²) in [6.45, 7) is 1.52. The Morgan fingerprint density at radius 1 is 1.42 bits per heavy atom. The lowest BCUT2D eigenvalue weighted by Crippen LogP contribution is -2.30. The Morgan fingerprint density at radius 2 is 2.11 bits per heavy atom. The monoisotopic (exact) mass is 264 g/mol. The minimum absolute atomic E-state index is 0.0608. The summed E-state index contributed by atoms with van der Waals surface area (Å²) >= 11 is 0. The summed E-state index contributed by atoms with van der Waals surface area (Å²) in [5.41, 5.74) is -0.430. The number of nitrogens with zero attached hydrogens (tertiary/aromatic N) is 1. The molecule has 1 saturated carbocycles. The standard InChI is InChI=1S/C13H13FN2O3/c1-6-8(14)5-9(19-2)11-10(6)12(17)15-13(18)16(11)7-3-4-7/h5,7H,3-4H2,1-2H3,(H,15,17,18). The summed E-state index contributed by atoms with van der Waals surface area (Å²) in [6.07, 6.45) is 1.75. The fourth-order valence-electron chi connectivity index (χ4n) is 2.39. The number of hydrogen-bond acceptors (Lipinski definition) is 3. The van der Waals surface area contributed by atoms with Gasteiger partial charge in [-0.05, 0) is 25.3 Å². The number of benzene rings is 1. The second kappa shape index (κ2) is 3.94. The summed E-state index contributed by atoms with van der Waals surface area (Å²) in [7, 11) is 1.40. The van der Waals surface area contributed by atoms with Crippen molar-refractivity contribution in [3.05, 3.63) is 38.3 Å². The normalized spacial score (nSPS) is 14.9. The Hall–Kier alpha value is -2.11. The molecule has 0 atom stereocenters. The van der Waals surface area contributed by atoms with Crippen molar-refractivity contribution in [2.24, 2.45) is 0 Å². The van der Waals surface area contributed by atoms with Gasteiger partial charge in [-0.3, -0.25) is 14.3 Å². The van der Waals surface area contributed by atoms with Crippen molar-refractivity contribution in [1.29, 1.82) is 0 Å². The summed E-state index contributed by atoms with van der Waals surface area (Å²) in [5.74, 6) is -0.302.